The van der Waals surface area contributed by atoms with Crippen LogP contribution in [0.5, 0.6) is 11.5 Å². The van der Waals surface area contributed by atoms with Gasteiger partial charge in [0.2, 0.25) is 5.91 Å². The molecule has 0 fully saturated rings. The highest BCUT2D eigenvalue weighted by atomic mass is 32.2. The van der Waals surface area contributed by atoms with Gasteiger partial charge in [-0.05, 0) is 42.0 Å². The maximum Gasteiger partial charge on any atom is 0.234 e. The first-order valence-electron chi connectivity index (χ1n) is 8.04. The average molecular weight is 387 g/mol. The van der Waals surface area contributed by atoms with Gasteiger partial charge in [-0.2, -0.15) is 0 Å². The fourth-order valence-electron chi connectivity index (χ4n) is 2.38. The summed E-state index contributed by atoms with van der Waals surface area (Å²) in [7, 11) is 3.09. The number of nitrogens with one attached hydrogen (secondary N) is 2. The third kappa shape index (κ3) is 4.79. The smallest absolute Gasteiger partial charge is 0.234 e. The molecule has 0 unspecified atom stereocenters. The summed E-state index contributed by atoms with van der Waals surface area (Å²) in [4.78, 5) is 19.6. The maximum absolute atomic E-state index is 13.0. The Kier molecular flexibility index (Phi) is 5.97. The molecule has 0 saturated heterocycles. The lowest BCUT2D eigenvalue weighted by Crippen LogP contribution is -2.14. The number of thioether (sulfide) groups is 1. The van der Waals surface area contributed by atoms with Gasteiger partial charge in [-0.1, -0.05) is 11.8 Å². The number of anilines is 1. The molecule has 6 nitrogen and oxygen atoms in total. The molecule has 2 aromatic carbocycles. The van der Waals surface area contributed by atoms with Crippen molar-refractivity contribution in [3.63, 3.8) is 0 Å². The summed E-state index contributed by atoms with van der Waals surface area (Å²) in [5.41, 5.74) is 2.11. The van der Waals surface area contributed by atoms with Crippen molar-refractivity contribution in [1.82, 2.24) is 9.97 Å². The Balaban J connectivity index is 1.61. The number of rotatable bonds is 7. The molecule has 1 heterocycles. The number of halogens is 1. The minimum absolute atomic E-state index is 0.163. The van der Waals surface area contributed by atoms with Gasteiger partial charge in [-0.25, -0.2) is 9.37 Å². The summed E-state index contributed by atoms with van der Waals surface area (Å²) in [5, 5.41) is 3.40. The van der Waals surface area contributed by atoms with Crippen molar-refractivity contribution >= 4 is 23.4 Å². The van der Waals surface area contributed by atoms with Crippen LogP contribution in [0.1, 0.15) is 0 Å². The zero-order valence-electron chi connectivity index (χ0n) is 14.8. The first kappa shape index (κ1) is 18.8. The number of amides is 1. The summed E-state index contributed by atoms with van der Waals surface area (Å²) >= 11 is 1.26. The van der Waals surface area contributed by atoms with Gasteiger partial charge in [0.25, 0.3) is 0 Å². The summed E-state index contributed by atoms with van der Waals surface area (Å²) in [6.07, 6.45) is 1.65. The van der Waals surface area contributed by atoms with Crippen LogP contribution in [0.2, 0.25) is 0 Å². The highest BCUT2D eigenvalue weighted by Gasteiger charge is 2.11. The molecule has 8 heteroatoms. The lowest BCUT2D eigenvalue weighted by atomic mass is 10.2. The molecule has 0 aliphatic heterocycles. The second kappa shape index (κ2) is 8.59. The zero-order chi connectivity index (χ0) is 19.2. The fraction of sp³-hybridized carbons (Fsp3) is 0.158. The van der Waals surface area contributed by atoms with E-state index in [1.54, 1.807) is 43.6 Å². The van der Waals surface area contributed by atoms with Crippen molar-refractivity contribution in [2.45, 2.75) is 5.16 Å². The number of ether oxygens (including phenoxy) is 2. The van der Waals surface area contributed by atoms with Crippen LogP contribution in [0.15, 0.2) is 53.8 Å². The van der Waals surface area contributed by atoms with Crippen LogP contribution in [-0.2, 0) is 4.79 Å². The van der Waals surface area contributed by atoms with E-state index < -0.39 is 0 Å². The number of hydrogen-bond donors (Lipinski definition) is 2. The first-order chi connectivity index (χ1) is 13.1. The maximum atomic E-state index is 13.0. The first-order valence-corrected chi connectivity index (χ1v) is 9.03. The molecule has 0 spiro atoms. The van der Waals surface area contributed by atoms with Crippen LogP contribution < -0.4 is 14.8 Å². The molecule has 3 rings (SSSR count). The molecule has 140 valence electrons. The Morgan fingerprint density at radius 1 is 1.19 bits per heavy atom. The van der Waals surface area contributed by atoms with Crippen LogP contribution in [-0.4, -0.2) is 35.8 Å². The van der Waals surface area contributed by atoms with E-state index in [4.69, 9.17) is 9.47 Å². The van der Waals surface area contributed by atoms with E-state index in [1.807, 2.05) is 0 Å². The molecule has 1 amide bonds. The van der Waals surface area contributed by atoms with E-state index >= 15 is 0 Å². The number of hydrogen-bond acceptors (Lipinski definition) is 5. The minimum atomic E-state index is -0.294. The van der Waals surface area contributed by atoms with Gasteiger partial charge < -0.3 is 19.8 Å². The number of benzene rings is 2. The van der Waals surface area contributed by atoms with Crippen LogP contribution in [0.4, 0.5) is 10.1 Å². The molecular formula is C19H18FN3O3S. The van der Waals surface area contributed by atoms with Gasteiger partial charge in [-0.3, -0.25) is 4.79 Å². The third-order valence-corrected chi connectivity index (χ3v) is 4.62. The number of nitrogens with zero attached hydrogens (tertiary/aromatic N) is 1. The van der Waals surface area contributed by atoms with E-state index in [-0.39, 0.29) is 17.5 Å². The number of carbonyl (C=O) groups is 1. The van der Waals surface area contributed by atoms with Crippen molar-refractivity contribution in [2.75, 3.05) is 25.3 Å². The van der Waals surface area contributed by atoms with Crippen LogP contribution in [0, 0.1) is 5.82 Å². The van der Waals surface area contributed by atoms with E-state index in [0.717, 1.165) is 11.3 Å². The normalized spacial score (nSPS) is 10.5. The van der Waals surface area contributed by atoms with Crippen molar-refractivity contribution in [3.05, 3.63) is 54.5 Å². The molecule has 0 aliphatic carbocycles. The topological polar surface area (TPSA) is 76.2 Å². The summed E-state index contributed by atoms with van der Waals surface area (Å²) in [6, 6.07) is 11.3. The van der Waals surface area contributed by atoms with Gasteiger partial charge in [0.05, 0.1) is 37.6 Å². The van der Waals surface area contributed by atoms with Crippen molar-refractivity contribution in [3.8, 4) is 22.8 Å². The van der Waals surface area contributed by atoms with Gasteiger partial charge in [0.1, 0.15) is 17.3 Å². The summed E-state index contributed by atoms with van der Waals surface area (Å²) in [6.45, 7) is 0. The van der Waals surface area contributed by atoms with E-state index in [9.17, 15) is 9.18 Å². The number of aromatic nitrogens is 2. The molecular weight excluding hydrogens is 369 g/mol. The Bertz CT molecular complexity index is 928. The Hall–Kier alpha value is -3.00. The Morgan fingerprint density at radius 2 is 1.96 bits per heavy atom. The number of H-pyrrole nitrogens is 1. The monoisotopic (exact) mass is 387 g/mol. The highest BCUT2D eigenvalue weighted by molar-refractivity contribution is 7.99. The third-order valence-electron chi connectivity index (χ3n) is 3.73. The van der Waals surface area contributed by atoms with Crippen LogP contribution in [0.3, 0.4) is 0 Å². The van der Waals surface area contributed by atoms with Crippen LogP contribution >= 0.6 is 11.8 Å². The van der Waals surface area contributed by atoms with Gasteiger partial charge in [-0.15, -0.1) is 0 Å². The molecule has 1 aromatic heterocycles. The van der Waals surface area contributed by atoms with Crippen LogP contribution in [0.25, 0.3) is 11.3 Å². The predicted octanol–water partition coefficient (Wildman–Crippen LogP) is 3.96. The lowest BCUT2D eigenvalue weighted by Gasteiger charge is -2.11. The highest BCUT2D eigenvalue weighted by Crippen LogP contribution is 2.29. The molecule has 0 radical (unpaired) electrons. The standard InChI is InChI=1S/C19H18FN3O3S/c1-25-14-7-8-17(26-2)15(9-14)22-18(24)11-27-19-21-10-16(23-19)12-3-5-13(20)6-4-12/h3-10H,11H2,1-2H3,(H,21,23)(H,22,24). The van der Waals surface area contributed by atoms with E-state index in [0.29, 0.717) is 22.3 Å². The molecule has 0 atom stereocenters. The number of carbonyl (C=O) groups excluding carboxylic acids is 1. The summed E-state index contributed by atoms with van der Waals surface area (Å²) < 4.78 is 23.4. The number of aromatic amines is 1. The van der Waals surface area contributed by atoms with Crippen molar-refractivity contribution in [2.24, 2.45) is 0 Å². The van der Waals surface area contributed by atoms with Crippen molar-refractivity contribution < 1.29 is 18.7 Å². The average Bonchev–Trinajstić information content (AvgIpc) is 3.16. The number of methoxy groups -OCH3 is 2. The molecule has 0 aliphatic rings. The van der Waals surface area contributed by atoms with Gasteiger partial charge in [0.15, 0.2) is 5.16 Å². The SMILES string of the molecule is COc1ccc(OC)c(NC(=O)CSc2ncc(-c3ccc(F)cc3)[nH]2)c1. The molecule has 2 N–H and O–H groups in total. The quantitative estimate of drug-likeness (QED) is 0.600. The predicted molar refractivity (Wildman–Crippen MR) is 103 cm³/mol. The molecule has 27 heavy (non-hydrogen) atoms. The summed E-state index contributed by atoms with van der Waals surface area (Å²) in [5.74, 6) is 0.833. The lowest BCUT2D eigenvalue weighted by molar-refractivity contribution is -0.113. The molecule has 0 bridgehead atoms. The Morgan fingerprint density at radius 3 is 2.67 bits per heavy atom. The number of imidazole rings is 1. The second-order valence-electron chi connectivity index (χ2n) is 5.51. The molecule has 3 aromatic rings. The van der Waals surface area contributed by atoms with Crippen molar-refractivity contribution in [1.29, 1.82) is 0 Å². The fourth-order valence-corrected chi connectivity index (χ4v) is 3.03. The molecule has 0 saturated carbocycles. The second-order valence-corrected chi connectivity index (χ2v) is 6.48. The van der Waals surface area contributed by atoms with Gasteiger partial charge >= 0.3 is 0 Å². The van der Waals surface area contributed by atoms with E-state index in [1.165, 1.54) is 31.0 Å². The van der Waals surface area contributed by atoms with E-state index in [2.05, 4.69) is 15.3 Å². The Labute approximate surface area is 160 Å². The zero-order valence-corrected chi connectivity index (χ0v) is 15.6. The largest absolute Gasteiger partial charge is 0.497 e. The minimum Gasteiger partial charge on any atom is -0.497 e. The van der Waals surface area contributed by atoms with Gasteiger partial charge in [0, 0.05) is 6.07 Å².